The van der Waals surface area contributed by atoms with Crippen molar-refractivity contribution < 1.29 is 19.8 Å². The van der Waals surface area contributed by atoms with Crippen LogP contribution < -0.4 is 0 Å². The van der Waals surface area contributed by atoms with E-state index in [1.807, 2.05) is 6.07 Å². The number of nitrogens with zero attached hydrogens (tertiary/aromatic N) is 1. The van der Waals surface area contributed by atoms with Crippen LogP contribution in [0.4, 0.5) is 0 Å². The van der Waals surface area contributed by atoms with Crippen LogP contribution in [-0.2, 0) is 16.1 Å². The van der Waals surface area contributed by atoms with E-state index in [2.05, 4.69) is 0 Å². The molecule has 6 heteroatoms. The standard InChI is InChI=1S/C12H14ClNO4/c13-6-11(16)14(10(8-15)12(17)18)7-9-4-2-1-3-5-9/h1-5,10,15H,6-8H2,(H,17,18)/t10-/m0/s1. The zero-order chi connectivity index (χ0) is 13.5. The third-order valence-corrected chi connectivity index (χ3v) is 2.69. The molecule has 0 bridgehead atoms. The summed E-state index contributed by atoms with van der Waals surface area (Å²) < 4.78 is 0. The predicted molar refractivity (Wildman–Crippen MR) is 66.2 cm³/mol. The molecule has 0 heterocycles. The number of hydrogen-bond acceptors (Lipinski definition) is 3. The predicted octanol–water partition coefficient (Wildman–Crippen LogP) is 0.699. The zero-order valence-corrected chi connectivity index (χ0v) is 10.4. The maximum Gasteiger partial charge on any atom is 0.328 e. The summed E-state index contributed by atoms with van der Waals surface area (Å²) in [5, 5.41) is 18.0. The molecule has 98 valence electrons. The Labute approximate surface area is 110 Å². The second kappa shape index (κ2) is 6.98. The second-order valence-corrected chi connectivity index (χ2v) is 3.94. The van der Waals surface area contributed by atoms with Gasteiger partial charge >= 0.3 is 5.97 Å². The van der Waals surface area contributed by atoms with Gasteiger partial charge in [0.1, 0.15) is 5.88 Å². The van der Waals surface area contributed by atoms with E-state index in [4.69, 9.17) is 21.8 Å². The highest BCUT2D eigenvalue weighted by atomic mass is 35.5. The van der Waals surface area contributed by atoms with Gasteiger partial charge in [-0.1, -0.05) is 30.3 Å². The first-order valence-corrected chi connectivity index (χ1v) is 5.86. The lowest BCUT2D eigenvalue weighted by molar-refractivity contribution is -0.151. The van der Waals surface area contributed by atoms with E-state index in [9.17, 15) is 9.59 Å². The molecule has 1 rings (SSSR count). The molecule has 0 fully saturated rings. The Morgan fingerprint density at radius 2 is 1.89 bits per heavy atom. The third kappa shape index (κ3) is 3.72. The number of amides is 1. The summed E-state index contributed by atoms with van der Waals surface area (Å²) in [5.74, 6) is -2.11. The van der Waals surface area contributed by atoms with Gasteiger partial charge in [-0.25, -0.2) is 4.79 Å². The smallest absolute Gasteiger partial charge is 0.328 e. The molecule has 0 aromatic heterocycles. The van der Waals surface area contributed by atoms with E-state index in [0.717, 1.165) is 10.5 Å². The van der Waals surface area contributed by atoms with Crippen molar-refractivity contribution in [2.24, 2.45) is 0 Å². The van der Waals surface area contributed by atoms with E-state index >= 15 is 0 Å². The maximum atomic E-state index is 11.6. The van der Waals surface area contributed by atoms with Gasteiger partial charge in [0.2, 0.25) is 5.91 Å². The Bertz CT molecular complexity index is 410. The van der Waals surface area contributed by atoms with Crippen LogP contribution >= 0.6 is 11.6 Å². The number of rotatable bonds is 6. The van der Waals surface area contributed by atoms with E-state index < -0.39 is 24.5 Å². The molecule has 0 spiro atoms. The molecule has 18 heavy (non-hydrogen) atoms. The third-order valence-electron chi connectivity index (χ3n) is 2.46. The van der Waals surface area contributed by atoms with Gasteiger partial charge in [0.25, 0.3) is 0 Å². The molecule has 1 atom stereocenters. The van der Waals surface area contributed by atoms with Crippen molar-refractivity contribution in [1.82, 2.24) is 4.90 Å². The lowest BCUT2D eigenvalue weighted by Crippen LogP contribution is -2.47. The van der Waals surface area contributed by atoms with Crippen LogP contribution in [0.3, 0.4) is 0 Å². The Morgan fingerprint density at radius 3 is 2.33 bits per heavy atom. The van der Waals surface area contributed by atoms with Gasteiger partial charge in [-0.3, -0.25) is 4.79 Å². The van der Waals surface area contributed by atoms with Crippen molar-refractivity contribution >= 4 is 23.5 Å². The molecule has 1 aromatic carbocycles. The van der Waals surface area contributed by atoms with Crippen molar-refractivity contribution in [3.05, 3.63) is 35.9 Å². The molecule has 0 saturated carbocycles. The summed E-state index contributed by atoms with van der Waals surface area (Å²) in [4.78, 5) is 23.7. The van der Waals surface area contributed by atoms with Crippen molar-refractivity contribution in [3.63, 3.8) is 0 Å². The topological polar surface area (TPSA) is 77.8 Å². The molecule has 0 aliphatic carbocycles. The summed E-state index contributed by atoms with van der Waals surface area (Å²) in [6, 6.07) is 7.64. The van der Waals surface area contributed by atoms with Crippen LogP contribution in [0.2, 0.25) is 0 Å². The Kier molecular flexibility index (Phi) is 5.61. The number of benzene rings is 1. The Balaban J connectivity index is 2.91. The number of aliphatic hydroxyl groups excluding tert-OH is 1. The summed E-state index contributed by atoms with van der Waals surface area (Å²) in [6.07, 6.45) is 0. The Morgan fingerprint density at radius 1 is 1.28 bits per heavy atom. The molecule has 0 aliphatic heterocycles. The Hall–Kier alpha value is -1.59. The lowest BCUT2D eigenvalue weighted by Gasteiger charge is -2.27. The minimum atomic E-state index is -1.28. The second-order valence-electron chi connectivity index (χ2n) is 3.68. The number of carbonyl (C=O) groups excluding carboxylic acids is 1. The van der Waals surface area contributed by atoms with E-state index in [1.54, 1.807) is 24.3 Å². The van der Waals surface area contributed by atoms with Crippen LogP contribution in [0.15, 0.2) is 30.3 Å². The van der Waals surface area contributed by atoms with Gasteiger partial charge in [0.15, 0.2) is 6.04 Å². The molecular formula is C12H14ClNO4. The van der Waals surface area contributed by atoms with Crippen LogP contribution in [0.25, 0.3) is 0 Å². The highest BCUT2D eigenvalue weighted by Crippen LogP contribution is 2.10. The van der Waals surface area contributed by atoms with Crippen molar-refractivity contribution in [2.75, 3.05) is 12.5 Å². The fourth-order valence-electron chi connectivity index (χ4n) is 1.54. The van der Waals surface area contributed by atoms with Crippen LogP contribution in [0, 0.1) is 0 Å². The largest absolute Gasteiger partial charge is 0.480 e. The molecule has 1 amide bonds. The normalized spacial score (nSPS) is 11.9. The molecule has 0 unspecified atom stereocenters. The molecule has 0 radical (unpaired) electrons. The molecule has 5 nitrogen and oxygen atoms in total. The van der Waals surface area contributed by atoms with Crippen LogP contribution in [-0.4, -0.2) is 45.5 Å². The average molecular weight is 272 g/mol. The van der Waals surface area contributed by atoms with Gasteiger partial charge in [0, 0.05) is 6.54 Å². The fourth-order valence-corrected chi connectivity index (χ4v) is 1.69. The van der Waals surface area contributed by atoms with Gasteiger partial charge in [-0.05, 0) is 5.56 Å². The molecule has 1 aromatic rings. The maximum absolute atomic E-state index is 11.6. The summed E-state index contributed by atoms with van der Waals surface area (Å²) in [6.45, 7) is -0.547. The quantitative estimate of drug-likeness (QED) is 0.747. The number of halogens is 1. The number of hydrogen-bond donors (Lipinski definition) is 2. The van der Waals surface area contributed by atoms with Crippen molar-refractivity contribution in [2.45, 2.75) is 12.6 Å². The molecular weight excluding hydrogens is 258 g/mol. The van der Waals surface area contributed by atoms with Gasteiger partial charge in [-0.2, -0.15) is 0 Å². The van der Waals surface area contributed by atoms with Gasteiger partial charge in [0.05, 0.1) is 6.61 Å². The number of carboxylic acid groups (broad SMARTS) is 1. The van der Waals surface area contributed by atoms with Crippen LogP contribution in [0.5, 0.6) is 0 Å². The fraction of sp³-hybridized carbons (Fsp3) is 0.333. The minimum Gasteiger partial charge on any atom is -0.480 e. The number of carboxylic acids is 1. The van der Waals surface area contributed by atoms with Gasteiger partial charge < -0.3 is 15.1 Å². The summed E-state index contributed by atoms with van der Waals surface area (Å²) >= 11 is 5.45. The zero-order valence-electron chi connectivity index (χ0n) is 9.62. The number of aliphatic hydroxyl groups is 1. The SMILES string of the molecule is O=C(O)[C@H](CO)N(Cc1ccccc1)C(=O)CCl. The highest BCUT2D eigenvalue weighted by Gasteiger charge is 2.28. The van der Waals surface area contributed by atoms with E-state index in [-0.39, 0.29) is 12.4 Å². The summed E-state index contributed by atoms with van der Waals surface area (Å²) in [5.41, 5.74) is 0.774. The monoisotopic (exact) mass is 271 g/mol. The van der Waals surface area contributed by atoms with Crippen molar-refractivity contribution in [3.8, 4) is 0 Å². The van der Waals surface area contributed by atoms with Gasteiger partial charge in [-0.15, -0.1) is 11.6 Å². The first kappa shape index (κ1) is 14.5. The van der Waals surface area contributed by atoms with Crippen molar-refractivity contribution in [1.29, 1.82) is 0 Å². The minimum absolute atomic E-state index is 0.101. The van der Waals surface area contributed by atoms with E-state index in [1.165, 1.54) is 0 Å². The first-order valence-electron chi connectivity index (χ1n) is 5.33. The highest BCUT2D eigenvalue weighted by molar-refractivity contribution is 6.27. The molecule has 0 aliphatic rings. The summed E-state index contributed by atoms with van der Waals surface area (Å²) in [7, 11) is 0. The first-order chi connectivity index (χ1) is 8.60. The van der Waals surface area contributed by atoms with Crippen LogP contribution in [0.1, 0.15) is 5.56 Å². The molecule has 0 saturated heterocycles. The average Bonchev–Trinajstić information content (AvgIpc) is 2.38. The number of aliphatic carboxylic acids is 1. The lowest BCUT2D eigenvalue weighted by atomic mass is 10.1. The number of alkyl halides is 1. The number of carbonyl (C=O) groups is 2. The van der Waals surface area contributed by atoms with E-state index in [0.29, 0.717) is 0 Å². The molecule has 2 N–H and O–H groups in total.